The predicted molar refractivity (Wildman–Crippen MR) is 265 cm³/mol. The fourth-order valence-corrected chi connectivity index (χ4v) is 8.16. The molecule has 16 nitrogen and oxygen atoms in total. The Balaban J connectivity index is 0.000000196. The highest BCUT2D eigenvalue weighted by atomic mass is 16.6. The lowest BCUT2D eigenvalue weighted by molar-refractivity contribution is 0.0846. The summed E-state index contributed by atoms with van der Waals surface area (Å²) in [4.78, 5) is 40.2. The van der Waals surface area contributed by atoms with Crippen LogP contribution in [0, 0.1) is 20.8 Å². The van der Waals surface area contributed by atoms with E-state index < -0.39 is 6.09 Å². The predicted octanol–water partition coefficient (Wildman–Crippen LogP) is 10.2. The molecule has 6 heterocycles. The number of pyridine rings is 2. The number of nitrogens with two attached hydrogens (primary N) is 1. The minimum Gasteiger partial charge on any atom is -0.497 e. The largest absolute Gasteiger partial charge is 0.497 e. The second-order valence-corrected chi connectivity index (χ2v) is 17.1. The number of aromatic nitrogens is 6. The van der Waals surface area contributed by atoms with Crippen LogP contribution in [0.2, 0.25) is 0 Å². The normalized spacial score (nSPS) is 13.9. The Morgan fingerprint density at radius 3 is 1.50 bits per heavy atom. The van der Waals surface area contributed by atoms with Crippen LogP contribution in [0.15, 0.2) is 110 Å². The summed E-state index contributed by atoms with van der Waals surface area (Å²) in [5.41, 5.74) is 17.5. The lowest BCUT2D eigenvalue weighted by Crippen LogP contribution is -2.22. The summed E-state index contributed by atoms with van der Waals surface area (Å²) in [6.07, 6.45) is 9.84. The first-order valence-corrected chi connectivity index (χ1v) is 23.3. The van der Waals surface area contributed by atoms with Gasteiger partial charge in [-0.2, -0.15) is 0 Å². The number of hydrogen-bond acceptors (Lipinski definition) is 15. The molecule has 2 saturated heterocycles. The number of amides is 1. The topological polar surface area (TPSA) is 197 Å². The van der Waals surface area contributed by atoms with E-state index in [9.17, 15) is 4.79 Å². The zero-order valence-corrected chi connectivity index (χ0v) is 40.1. The van der Waals surface area contributed by atoms with Crippen LogP contribution in [0.1, 0.15) is 76.7 Å². The number of hydrogen-bond donors (Lipinski definition) is 2. The van der Waals surface area contributed by atoms with E-state index >= 15 is 0 Å². The number of nitrogen functional groups attached to an aromatic ring is 1. The Kier molecular flexibility index (Phi) is 16.4. The van der Waals surface area contributed by atoms with Crippen LogP contribution in [0.4, 0.5) is 16.2 Å². The minimum atomic E-state index is -0.562. The fourth-order valence-electron chi connectivity index (χ4n) is 8.16. The monoisotopic (exact) mass is 946 g/mol. The Morgan fingerprint density at radius 1 is 0.600 bits per heavy atom. The van der Waals surface area contributed by atoms with Crippen molar-refractivity contribution in [3.05, 3.63) is 149 Å². The Morgan fingerprint density at radius 2 is 1.03 bits per heavy atom. The van der Waals surface area contributed by atoms with Crippen LogP contribution in [0.5, 0.6) is 29.3 Å². The van der Waals surface area contributed by atoms with Crippen molar-refractivity contribution in [2.45, 2.75) is 71.5 Å². The number of nitrogens with zero attached hydrogens (tertiary/aromatic N) is 6. The smallest absolute Gasteiger partial charge is 0.417 e. The molecule has 0 radical (unpaired) electrons. The maximum Gasteiger partial charge on any atom is 0.417 e. The van der Waals surface area contributed by atoms with Crippen LogP contribution in [-0.2, 0) is 22.7 Å². The molecule has 3 N–H and O–H groups in total. The van der Waals surface area contributed by atoms with E-state index in [0.717, 1.165) is 118 Å². The van der Waals surface area contributed by atoms with E-state index in [1.807, 2.05) is 93.6 Å². The van der Waals surface area contributed by atoms with Crippen LogP contribution < -0.4 is 34.7 Å². The summed E-state index contributed by atoms with van der Waals surface area (Å²) in [6.45, 7) is 9.44. The van der Waals surface area contributed by atoms with Crippen LogP contribution in [0.25, 0.3) is 22.5 Å². The number of methoxy groups -OCH3 is 2. The van der Waals surface area contributed by atoms with E-state index in [2.05, 4.69) is 25.3 Å². The summed E-state index contributed by atoms with van der Waals surface area (Å²) < 4.78 is 38.4. The molecule has 2 aliphatic rings. The minimum absolute atomic E-state index is 0.135. The molecule has 362 valence electrons. The van der Waals surface area contributed by atoms with Crippen molar-refractivity contribution in [1.29, 1.82) is 0 Å². The molecule has 3 aromatic carbocycles. The van der Waals surface area contributed by atoms with Gasteiger partial charge in [0.25, 0.3) is 0 Å². The number of carbonyl (C=O) groups is 1. The molecule has 0 unspecified atom stereocenters. The molecule has 0 saturated carbocycles. The summed E-state index contributed by atoms with van der Waals surface area (Å²) >= 11 is 0. The molecule has 2 aliphatic heterocycles. The third kappa shape index (κ3) is 12.9. The van der Waals surface area contributed by atoms with Gasteiger partial charge in [-0.05, 0) is 117 Å². The quantitative estimate of drug-likeness (QED) is 0.104. The van der Waals surface area contributed by atoms with Gasteiger partial charge in [-0.1, -0.05) is 42.0 Å². The van der Waals surface area contributed by atoms with Crippen molar-refractivity contribution in [1.82, 2.24) is 29.9 Å². The summed E-state index contributed by atoms with van der Waals surface area (Å²) in [7, 11) is 3.28. The summed E-state index contributed by atoms with van der Waals surface area (Å²) in [5.74, 6) is 2.54. The molecular formula is C54H58N8O8. The molecule has 16 heteroatoms. The number of aryl methyl sites for hydroxylation is 3. The molecule has 1 amide bonds. The zero-order valence-electron chi connectivity index (χ0n) is 40.1. The van der Waals surface area contributed by atoms with E-state index in [1.165, 1.54) is 0 Å². The summed E-state index contributed by atoms with van der Waals surface area (Å²) in [6, 6.07) is 27.2. The Labute approximate surface area is 408 Å². The second-order valence-electron chi connectivity index (χ2n) is 17.1. The van der Waals surface area contributed by atoms with Gasteiger partial charge in [-0.25, -0.2) is 34.7 Å². The first-order chi connectivity index (χ1) is 34.1. The van der Waals surface area contributed by atoms with Crippen molar-refractivity contribution in [3.63, 3.8) is 0 Å². The van der Waals surface area contributed by atoms with Crippen LogP contribution >= 0.6 is 0 Å². The lowest BCUT2D eigenvalue weighted by atomic mass is 9.93. The van der Waals surface area contributed by atoms with Gasteiger partial charge in [0, 0.05) is 74.2 Å². The van der Waals surface area contributed by atoms with E-state index in [4.69, 9.17) is 48.9 Å². The highest BCUT2D eigenvalue weighted by Gasteiger charge is 2.25. The molecule has 0 spiro atoms. The molecular weight excluding hydrogens is 889 g/mol. The number of rotatable bonds is 14. The van der Waals surface area contributed by atoms with Gasteiger partial charge in [-0.3, -0.25) is 5.32 Å². The first kappa shape index (κ1) is 48.8. The SMILES string of the molecule is COc1ccc(COc2ncc(-c3nc(C4CCOCC4)c(N)cc3C)cn2)cc1.COc1ccc(COc2ncc(-c3nc(C4CCOCC4)c(NC(=O)Oc4ccc(C)cc4)cc3C)cn2)cc1. The molecule has 7 aromatic rings. The maximum atomic E-state index is 12.8. The third-order valence-electron chi connectivity index (χ3n) is 12.1. The number of benzene rings is 3. The maximum absolute atomic E-state index is 12.8. The van der Waals surface area contributed by atoms with Gasteiger partial charge in [0.15, 0.2) is 0 Å². The molecule has 4 aromatic heterocycles. The van der Waals surface area contributed by atoms with Gasteiger partial charge in [-0.15, -0.1) is 0 Å². The third-order valence-corrected chi connectivity index (χ3v) is 12.1. The zero-order chi connectivity index (χ0) is 48.8. The van der Waals surface area contributed by atoms with Gasteiger partial charge in [0.05, 0.1) is 48.4 Å². The first-order valence-electron chi connectivity index (χ1n) is 23.3. The molecule has 0 bridgehead atoms. The van der Waals surface area contributed by atoms with Gasteiger partial charge in [0.1, 0.15) is 30.5 Å². The van der Waals surface area contributed by atoms with Gasteiger partial charge >= 0.3 is 18.1 Å². The number of anilines is 2. The van der Waals surface area contributed by atoms with Gasteiger partial charge < -0.3 is 38.9 Å². The number of nitrogens with one attached hydrogen (secondary N) is 1. The highest BCUT2D eigenvalue weighted by molar-refractivity contribution is 5.88. The Bertz CT molecular complexity index is 2800. The van der Waals surface area contributed by atoms with Crippen molar-refractivity contribution < 1.29 is 38.0 Å². The second kappa shape index (κ2) is 23.6. The van der Waals surface area contributed by atoms with Crippen molar-refractivity contribution in [2.75, 3.05) is 51.7 Å². The molecule has 70 heavy (non-hydrogen) atoms. The number of ether oxygens (including phenoxy) is 7. The van der Waals surface area contributed by atoms with Crippen molar-refractivity contribution >= 4 is 17.5 Å². The van der Waals surface area contributed by atoms with Gasteiger partial charge in [0.2, 0.25) is 0 Å². The molecule has 0 aliphatic carbocycles. The van der Waals surface area contributed by atoms with E-state index in [-0.39, 0.29) is 11.9 Å². The molecule has 2 fully saturated rings. The molecule has 9 rings (SSSR count). The molecule has 0 atom stereocenters. The lowest BCUT2D eigenvalue weighted by Gasteiger charge is -2.25. The average Bonchev–Trinajstić information content (AvgIpc) is 3.39. The van der Waals surface area contributed by atoms with E-state index in [1.54, 1.807) is 51.1 Å². The van der Waals surface area contributed by atoms with Crippen LogP contribution in [0.3, 0.4) is 0 Å². The Hall–Kier alpha value is -7.69. The summed E-state index contributed by atoms with van der Waals surface area (Å²) in [5, 5.41) is 2.92. The fraction of sp³-hybridized carbons (Fsp3) is 0.315. The highest BCUT2D eigenvalue weighted by Crippen LogP contribution is 2.36. The average molecular weight is 947 g/mol. The standard InChI is InChI=1S/C31H32N4O5.C23H26N4O3/c1-20-4-8-26(9-5-20)40-31(36)34-27-16-21(2)28(35-29(27)23-12-14-38-15-13-23)24-17-32-30(33-18-24)39-19-22-6-10-25(37-3)11-7-22;1-15-11-20(24)22(17-7-9-29-10-8-17)27-21(15)18-12-25-23(26-13-18)30-14-16-3-5-19(28-2)6-4-16/h4-11,16-18,23H,12-15,19H2,1-3H3,(H,34,36);3-6,11-13,17H,7-10,14,24H2,1-2H3. The van der Waals surface area contributed by atoms with Crippen LogP contribution in [-0.4, -0.2) is 76.6 Å². The van der Waals surface area contributed by atoms with Crippen molar-refractivity contribution in [3.8, 4) is 51.8 Å². The van der Waals surface area contributed by atoms with Crippen molar-refractivity contribution in [2.24, 2.45) is 0 Å². The number of carbonyl (C=O) groups excluding carboxylic acids is 1. The van der Waals surface area contributed by atoms with E-state index in [0.29, 0.717) is 49.8 Å².